The van der Waals surface area contributed by atoms with Gasteiger partial charge in [0.05, 0.1) is 27.0 Å². The lowest BCUT2D eigenvalue weighted by Gasteiger charge is -2.15. The van der Waals surface area contributed by atoms with E-state index >= 15 is 0 Å². The SMILES string of the molecule is CNc1ccc(-c2ccc(OC)c(OC)c2OC)ccc1=O. The fourth-order valence-electron chi connectivity index (χ4n) is 2.28. The average molecular weight is 301 g/mol. The second-order valence-electron chi connectivity index (χ2n) is 4.53. The Labute approximate surface area is 129 Å². The van der Waals surface area contributed by atoms with E-state index in [9.17, 15) is 4.79 Å². The van der Waals surface area contributed by atoms with Crippen molar-refractivity contribution in [1.29, 1.82) is 0 Å². The van der Waals surface area contributed by atoms with Gasteiger partial charge in [-0.1, -0.05) is 12.1 Å². The highest BCUT2D eigenvalue weighted by atomic mass is 16.5. The Morgan fingerprint density at radius 3 is 2.09 bits per heavy atom. The molecule has 0 saturated heterocycles. The Morgan fingerprint density at radius 1 is 0.818 bits per heavy atom. The van der Waals surface area contributed by atoms with E-state index in [1.807, 2.05) is 12.1 Å². The van der Waals surface area contributed by atoms with Gasteiger partial charge in [-0.15, -0.1) is 0 Å². The predicted octanol–water partition coefficient (Wildman–Crippen LogP) is 2.78. The summed E-state index contributed by atoms with van der Waals surface area (Å²) >= 11 is 0. The number of hydrogen-bond acceptors (Lipinski definition) is 5. The van der Waals surface area contributed by atoms with Gasteiger partial charge in [0, 0.05) is 12.6 Å². The van der Waals surface area contributed by atoms with E-state index in [0.29, 0.717) is 22.9 Å². The molecule has 22 heavy (non-hydrogen) atoms. The van der Waals surface area contributed by atoms with Crippen molar-refractivity contribution >= 4 is 5.69 Å². The number of ether oxygens (including phenoxy) is 3. The first-order valence-electron chi connectivity index (χ1n) is 6.77. The topological polar surface area (TPSA) is 56.8 Å². The molecule has 0 aliphatic heterocycles. The molecular formula is C17H19NO4. The summed E-state index contributed by atoms with van der Waals surface area (Å²) in [5.74, 6) is 1.67. The second kappa shape index (κ2) is 6.85. The van der Waals surface area contributed by atoms with Gasteiger partial charge in [-0.3, -0.25) is 4.79 Å². The summed E-state index contributed by atoms with van der Waals surface area (Å²) < 4.78 is 16.2. The quantitative estimate of drug-likeness (QED) is 0.920. The van der Waals surface area contributed by atoms with E-state index in [-0.39, 0.29) is 5.43 Å². The molecule has 5 nitrogen and oxygen atoms in total. The maximum absolute atomic E-state index is 11.9. The van der Waals surface area contributed by atoms with Gasteiger partial charge in [0.25, 0.3) is 0 Å². The molecule has 1 N–H and O–H groups in total. The van der Waals surface area contributed by atoms with Crippen LogP contribution in [0, 0.1) is 0 Å². The molecule has 0 unspecified atom stereocenters. The van der Waals surface area contributed by atoms with Crippen molar-refractivity contribution in [2.45, 2.75) is 0 Å². The summed E-state index contributed by atoms with van der Waals surface area (Å²) in [5.41, 5.74) is 2.12. The molecule has 0 radical (unpaired) electrons. The summed E-state index contributed by atoms with van der Waals surface area (Å²) in [6, 6.07) is 10.6. The Bertz CT molecular complexity index is 728. The average Bonchev–Trinajstić information content (AvgIpc) is 2.74. The smallest absolute Gasteiger partial charge is 0.203 e. The zero-order valence-electron chi connectivity index (χ0n) is 13.1. The molecule has 5 heteroatoms. The molecule has 0 amide bonds. The highest BCUT2D eigenvalue weighted by Crippen LogP contribution is 2.43. The predicted molar refractivity (Wildman–Crippen MR) is 87.4 cm³/mol. The summed E-state index contributed by atoms with van der Waals surface area (Å²) in [4.78, 5) is 11.9. The Kier molecular flexibility index (Phi) is 4.88. The van der Waals surface area contributed by atoms with Crippen LogP contribution in [0.25, 0.3) is 11.1 Å². The van der Waals surface area contributed by atoms with E-state index in [1.54, 1.807) is 46.6 Å². The van der Waals surface area contributed by atoms with Crippen LogP contribution in [-0.2, 0) is 0 Å². The minimum atomic E-state index is -0.0757. The van der Waals surface area contributed by atoms with Gasteiger partial charge in [0.2, 0.25) is 11.2 Å². The molecule has 0 aliphatic rings. The molecular weight excluding hydrogens is 282 g/mol. The molecule has 0 aliphatic carbocycles. The van der Waals surface area contributed by atoms with Crippen LogP contribution in [0.1, 0.15) is 0 Å². The fourth-order valence-corrected chi connectivity index (χ4v) is 2.28. The van der Waals surface area contributed by atoms with E-state index in [2.05, 4.69) is 5.32 Å². The molecule has 0 bridgehead atoms. The molecule has 0 fully saturated rings. The van der Waals surface area contributed by atoms with Crippen molar-refractivity contribution in [2.24, 2.45) is 0 Å². The first-order chi connectivity index (χ1) is 10.7. The van der Waals surface area contributed by atoms with Gasteiger partial charge < -0.3 is 19.5 Å². The molecule has 2 aromatic carbocycles. The molecule has 0 spiro atoms. The number of benzene rings is 1. The van der Waals surface area contributed by atoms with Crippen LogP contribution >= 0.6 is 0 Å². The third-order valence-corrected chi connectivity index (χ3v) is 3.39. The lowest BCUT2D eigenvalue weighted by atomic mass is 10.1. The summed E-state index contributed by atoms with van der Waals surface area (Å²) in [6.07, 6.45) is 0. The third kappa shape index (κ3) is 2.83. The van der Waals surface area contributed by atoms with E-state index in [0.717, 1.165) is 11.1 Å². The number of methoxy groups -OCH3 is 3. The van der Waals surface area contributed by atoms with E-state index < -0.39 is 0 Å². The number of rotatable bonds is 5. The molecule has 0 aromatic heterocycles. The minimum absolute atomic E-state index is 0.0757. The zero-order chi connectivity index (χ0) is 16.1. The third-order valence-electron chi connectivity index (χ3n) is 3.39. The largest absolute Gasteiger partial charge is 0.493 e. The van der Waals surface area contributed by atoms with Crippen molar-refractivity contribution in [3.63, 3.8) is 0 Å². The summed E-state index contributed by atoms with van der Waals surface area (Å²) in [7, 11) is 6.42. The van der Waals surface area contributed by atoms with Crippen molar-refractivity contribution in [3.8, 4) is 28.4 Å². The van der Waals surface area contributed by atoms with Crippen LogP contribution in [0.3, 0.4) is 0 Å². The molecule has 116 valence electrons. The number of anilines is 1. The fraction of sp³-hybridized carbons (Fsp3) is 0.235. The van der Waals surface area contributed by atoms with Gasteiger partial charge in [-0.25, -0.2) is 0 Å². The molecule has 0 atom stereocenters. The van der Waals surface area contributed by atoms with Gasteiger partial charge in [0.15, 0.2) is 11.5 Å². The monoisotopic (exact) mass is 301 g/mol. The van der Waals surface area contributed by atoms with Crippen molar-refractivity contribution in [1.82, 2.24) is 0 Å². The Morgan fingerprint density at radius 2 is 1.50 bits per heavy atom. The van der Waals surface area contributed by atoms with E-state index in [1.165, 1.54) is 6.07 Å². The first-order valence-corrected chi connectivity index (χ1v) is 6.77. The Balaban J connectivity index is 2.67. The normalized spacial score (nSPS) is 10.0. The zero-order valence-corrected chi connectivity index (χ0v) is 13.1. The van der Waals surface area contributed by atoms with Crippen molar-refractivity contribution in [2.75, 3.05) is 33.7 Å². The first kappa shape index (κ1) is 15.7. The molecule has 0 heterocycles. The van der Waals surface area contributed by atoms with Crippen LogP contribution in [-0.4, -0.2) is 28.4 Å². The summed E-state index contributed by atoms with van der Waals surface area (Å²) in [5, 5.41) is 2.87. The van der Waals surface area contributed by atoms with Crippen LogP contribution in [0.2, 0.25) is 0 Å². The van der Waals surface area contributed by atoms with Crippen molar-refractivity contribution < 1.29 is 14.2 Å². The number of hydrogen-bond donors (Lipinski definition) is 1. The number of nitrogens with one attached hydrogen (secondary N) is 1. The van der Waals surface area contributed by atoms with Gasteiger partial charge >= 0.3 is 0 Å². The molecule has 2 aromatic rings. The molecule has 2 rings (SSSR count). The lowest BCUT2D eigenvalue weighted by Crippen LogP contribution is -2.02. The van der Waals surface area contributed by atoms with Crippen molar-refractivity contribution in [3.05, 3.63) is 46.6 Å². The van der Waals surface area contributed by atoms with Crippen LogP contribution in [0.4, 0.5) is 5.69 Å². The van der Waals surface area contributed by atoms with Crippen LogP contribution < -0.4 is 25.0 Å². The van der Waals surface area contributed by atoms with Crippen LogP contribution in [0.15, 0.2) is 41.2 Å². The highest BCUT2D eigenvalue weighted by Gasteiger charge is 2.16. The van der Waals surface area contributed by atoms with Gasteiger partial charge in [-0.05, 0) is 29.8 Å². The van der Waals surface area contributed by atoms with Gasteiger partial charge in [0.1, 0.15) is 0 Å². The maximum Gasteiger partial charge on any atom is 0.203 e. The maximum atomic E-state index is 11.9. The summed E-state index contributed by atoms with van der Waals surface area (Å²) in [6.45, 7) is 0. The Hall–Kier alpha value is -2.69. The highest BCUT2D eigenvalue weighted by molar-refractivity contribution is 5.76. The lowest BCUT2D eigenvalue weighted by molar-refractivity contribution is 0.325. The standard InChI is InChI=1S/C17H19NO4/c1-18-13-8-5-11(6-9-14(13)19)12-7-10-15(20-2)17(22-4)16(12)21-3/h5-10H,1-4H3,(H,18,19). The minimum Gasteiger partial charge on any atom is -0.493 e. The second-order valence-corrected chi connectivity index (χ2v) is 4.53. The van der Waals surface area contributed by atoms with Crippen LogP contribution in [0.5, 0.6) is 17.2 Å². The molecule has 0 saturated carbocycles. The van der Waals surface area contributed by atoms with Gasteiger partial charge in [-0.2, -0.15) is 0 Å². The van der Waals surface area contributed by atoms with E-state index in [4.69, 9.17) is 14.2 Å².